The van der Waals surface area contributed by atoms with E-state index in [1.54, 1.807) is 0 Å². The van der Waals surface area contributed by atoms with Gasteiger partial charge in [-0.2, -0.15) is 0 Å². The highest BCUT2D eigenvalue weighted by Crippen LogP contribution is 2.11. The quantitative estimate of drug-likeness (QED) is 0.812. The number of benzene rings is 1. The fourth-order valence-electron chi connectivity index (χ4n) is 1.21. The van der Waals surface area contributed by atoms with Gasteiger partial charge in [0.1, 0.15) is 0 Å². The highest BCUT2D eigenvalue weighted by atomic mass is 35.5. The zero-order valence-electron chi connectivity index (χ0n) is 8.59. The van der Waals surface area contributed by atoms with Crippen LogP contribution in [0.1, 0.15) is 12.5 Å². The Morgan fingerprint density at radius 3 is 2.93 bits per heavy atom. The standard InChI is InChI=1S/C11H16ClNO/c1-9(7-13-2)14-8-10-4-3-5-11(12)6-10/h3-6,9,13H,7-8H2,1-2H3. The summed E-state index contributed by atoms with van der Waals surface area (Å²) in [6, 6.07) is 7.73. The van der Waals surface area contributed by atoms with E-state index in [1.165, 1.54) is 0 Å². The Morgan fingerprint density at radius 1 is 1.50 bits per heavy atom. The minimum atomic E-state index is 0.221. The Bertz CT molecular complexity index is 278. The van der Waals surface area contributed by atoms with Gasteiger partial charge in [0.15, 0.2) is 0 Å². The summed E-state index contributed by atoms with van der Waals surface area (Å²) in [4.78, 5) is 0. The van der Waals surface area contributed by atoms with E-state index in [2.05, 4.69) is 5.32 Å². The van der Waals surface area contributed by atoms with E-state index in [9.17, 15) is 0 Å². The summed E-state index contributed by atoms with van der Waals surface area (Å²) in [5.41, 5.74) is 1.11. The molecule has 0 radical (unpaired) electrons. The highest BCUT2D eigenvalue weighted by Gasteiger charge is 2.00. The van der Waals surface area contributed by atoms with E-state index in [-0.39, 0.29) is 6.10 Å². The van der Waals surface area contributed by atoms with Gasteiger partial charge in [-0.15, -0.1) is 0 Å². The van der Waals surface area contributed by atoms with E-state index in [0.717, 1.165) is 17.1 Å². The maximum atomic E-state index is 5.85. The van der Waals surface area contributed by atoms with Crippen LogP contribution in [0.4, 0.5) is 0 Å². The van der Waals surface area contributed by atoms with Gasteiger partial charge in [-0.1, -0.05) is 23.7 Å². The van der Waals surface area contributed by atoms with E-state index in [0.29, 0.717) is 6.61 Å². The number of hydrogen-bond donors (Lipinski definition) is 1. The van der Waals surface area contributed by atoms with Gasteiger partial charge in [0.05, 0.1) is 12.7 Å². The number of halogens is 1. The molecule has 1 rings (SSSR count). The summed E-state index contributed by atoms with van der Waals surface area (Å²) in [6.07, 6.45) is 0.221. The molecule has 1 atom stereocenters. The fraction of sp³-hybridized carbons (Fsp3) is 0.455. The average molecular weight is 214 g/mol. The average Bonchev–Trinajstić information content (AvgIpc) is 2.15. The minimum absolute atomic E-state index is 0.221. The maximum Gasteiger partial charge on any atom is 0.0721 e. The Labute approximate surface area is 90.2 Å². The van der Waals surface area contributed by atoms with Gasteiger partial charge in [0.25, 0.3) is 0 Å². The molecular formula is C11H16ClNO. The van der Waals surface area contributed by atoms with Gasteiger partial charge in [-0.05, 0) is 31.7 Å². The van der Waals surface area contributed by atoms with Crippen LogP contribution >= 0.6 is 11.6 Å². The molecular weight excluding hydrogens is 198 g/mol. The molecule has 0 amide bonds. The molecule has 14 heavy (non-hydrogen) atoms. The predicted octanol–water partition coefficient (Wildman–Crippen LogP) is 2.46. The van der Waals surface area contributed by atoms with Crippen LogP contribution in [0.25, 0.3) is 0 Å². The zero-order valence-corrected chi connectivity index (χ0v) is 9.34. The van der Waals surface area contributed by atoms with Crippen LogP contribution in [-0.4, -0.2) is 19.7 Å². The molecule has 2 nitrogen and oxygen atoms in total. The lowest BCUT2D eigenvalue weighted by Gasteiger charge is -2.12. The smallest absolute Gasteiger partial charge is 0.0721 e. The van der Waals surface area contributed by atoms with Gasteiger partial charge in [0, 0.05) is 11.6 Å². The summed E-state index contributed by atoms with van der Waals surface area (Å²) < 4.78 is 5.60. The summed E-state index contributed by atoms with van der Waals surface area (Å²) in [5.74, 6) is 0. The van der Waals surface area contributed by atoms with Gasteiger partial charge in [0.2, 0.25) is 0 Å². The third kappa shape index (κ3) is 4.09. The molecule has 1 unspecified atom stereocenters. The lowest BCUT2D eigenvalue weighted by molar-refractivity contribution is 0.0545. The lowest BCUT2D eigenvalue weighted by Crippen LogP contribution is -2.23. The second kappa shape index (κ2) is 6.02. The van der Waals surface area contributed by atoms with Crippen LogP contribution < -0.4 is 5.32 Å². The fourth-order valence-corrected chi connectivity index (χ4v) is 1.42. The van der Waals surface area contributed by atoms with Crippen LogP contribution in [-0.2, 0) is 11.3 Å². The molecule has 1 aromatic rings. The van der Waals surface area contributed by atoms with Crippen LogP contribution in [0.2, 0.25) is 5.02 Å². The zero-order chi connectivity index (χ0) is 10.4. The van der Waals surface area contributed by atoms with Crippen molar-refractivity contribution in [3.05, 3.63) is 34.9 Å². The first kappa shape index (κ1) is 11.5. The number of ether oxygens (including phenoxy) is 1. The molecule has 0 saturated carbocycles. The first-order chi connectivity index (χ1) is 6.72. The van der Waals surface area contributed by atoms with Crippen molar-refractivity contribution in [3.8, 4) is 0 Å². The van der Waals surface area contributed by atoms with Gasteiger partial charge < -0.3 is 10.1 Å². The maximum absolute atomic E-state index is 5.85. The molecule has 0 fully saturated rings. The summed E-state index contributed by atoms with van der Waals surface area (Å²) >= 11 is 5.85. The summed E-state index contributed by atoms with van der Waals surface area (Å²) in [7, 11) is 1.92. The molecule has 0 aromatic heterocycles. The van der Waals surface area contributed by atoms with Crippen LogP contribution in [0, 0.1) is 0 Å². The minimum Gasteiger partial charge on any atom is -0.373 e. The molecule has 0 saturated heterocycles. The van der Waals surface area contributed by atoms with Crippen molar-refractivity contribution in [2.75, 3.05) is 13.6 Å². The van der Waals surface area contributed by atoms with Gasteiger partial charge in [-0.3, -0.25) is 0 Å². The van der Waals surface area contributed by atoms with Crippen molar-refractivity contribution in [3.63, 3.8) is 0 Å². The van der Waals surface area contributed by atoms with Crippen LogP contribution in [0.15, 0.2) is 24.3 Å². The van der Waals surface area contributed by atoms with Crippen molar-refractivity contribution >= 4 is 11.6 Å². The molecule has 1 N–H and O–H groups in total. The van der Waals surface area contributed by atoms with Gasteiger partial charge >= 0.3 is 0 Å². The van der Waals surface area contributed by atoms with Crippen LogP contribution in [0.3, 0.4) is 0 Å². The lowest BCUT2D eigenvalue weighted by atomic mass is 10.2. The molecule has 0 aliphatic carbocycles. The van der Waals surface area contributed by atoms with Crippen molar-refractivity contribution in [1.29, 1.82) is 0 Å². The highest BCUT2D eigenvalue weighted by molar-refractivity contribution is 6.30. The molecule has 0 aliphatic rings. The number of nitrogens with one attached hydrogen (secondary N) is 1. The third-order valence-electron chi connectivity index (χ3n) is 1.92. The number of rotatable bonds is 5. The van der Waals surface area contributed by atoms with Crippen molar-refractivity contribution in [2.24, 2.45) is 0 Å². The summed E-state index contributed by atoms with van der Waals surface area (Å²) in [6.45, 7) is 3.52. The Kier molecular flexibility index (Phi) is 4.94. The first-order valence-electron chi connectivity index (χ1n) is 4.73. The summed E-state index contributed by atoms with van der Waals surface area (Å²) in [5, 5.41) is 3.82. The predicted molar refractivity (Wildman–Crippen MR) is 59.6 cm³/mol. The SMILES string of the molecule is CNCC(C)OCc1cccc(Cl)c1. The first-order valence-corrected chi connectivity index (χ1v) is 5.11. The Morgan fingerprint density at radius 2 is 2.29 bits per heavy atom. The van der Waals surface area contributed by atoms with Crippen molar-refractivity contribution < 1.29 is 4.74 Å². The second-order valence-corrected chi connectivity index (χ2v) is 3.75. The largest absolute Gasteiger partial charge is 0.373 e. The monoisotopic (exact) mass is 213 g/mol. The second-order valence-electron chi connectivity index (χ2n) is 3.31. The normalized spacial score (nSPS) is 12.8. The van der Waals surface area contributed by atoms with E-state index >= 15 is 0 Å². The topological polar surface area (TPSA) is 21.3 Å². The van der Waals surface area contributed by atoms with Crippen molar-refractivity contribution in [1.82, 2.24) is 5.32 Å². The van der Waals surface area contributed by atoms with E-state index < -0.39 is 0 Å². The molecule has 0 spiro atoms. The molecule has 1 aromatic carbocycles. The Balaban J connectivity index is 2.37. The molecule has 0 aliphatic heterocycles. The molecule has 3 heteroatoms. The molecule has 0 bridgehead atoms. The number of hydrogen-bond acceptors (Lipinski definition) is 2. The van der Waals surface area contributed by atoms with E-state index in [1.807, 2.05) is 38.2 Å². The molecule has 78 valence electrons. The Hall–Kier alpha value is -0.570. The van der Waals surface area contributed by atoms with Gasteiger partial charge in [-0.25, -0.2) is 0 Å². The third-order valence-corrected chi connectivity index (χ3v) is 2.15. The van der Waals surface area contributed by atoms with Crippen LogP contribution in [0.5, 0.6) is 0 Å². The van der Waals surface area contributed by atoms with E-state index in [4.69, 9.17) is 16.3 Å². The number of likely N-dealkylation sites (N-methyl/N-ethyl adjacent to an activating group) is 1. The molecule has 0 heterocycles. The van der Waals surface area contributed by atoms with Crippen molar-refractivity contribution in [2.45, 2.75) is 19.6 Å².